The fourth-order valence-corrected chi connectivity index (χ4v) is 5.42. The third-order valence-electron chi connectivity index (χ3n) is 5.27. The van der Waals surface area contributed by atoms with Crippen LogP contribution >= 0.6 is 11.9 Å². The molecular weight excluding hydrogens is 513 g/mol. The van der Waals surface area contributed by atoms with Crippen LogP contribution in [0.1, 0.15) is 42.1 Å². The number of nitrogens with one attached hydrogen (secondary N) is 3. The average molecular weight is 542 g/mol. The van der Waals surface area contributed by atoms with Gasteiger partial charge in [0, 0.05) is 42.6 Å². The zero-order valence-corrected chi connectivity index (χ0v) is 21.7. The van der Waals surface area contributed by atoms with E-state index in [-0.39, 0.29) is 41.0 Å². The largest absolute Gasteiger partial charge is 0.496 e. The first-order valence-corrected chi connectivity index (χ1v) is 13.5. The summed E-state index contributed by atoms with van der Waals surface area (Å²) in [5.41, 5.74) is 0.573. The predicted molar refractivity (Wildman–Crippen MR) is 133 cm³/mol. The number of sulfonamides is 1. The zero-order valence-electron chi connectivity index (χ0n) is 20.1. The van der Waals surface area contributed by atoms with Crippen LogP contribution in [0.15, 0.2) is 35.2 Å². The molecule has 3 rings (SSSR count). The highest BCUT2D eigenvalue weighted by atomic mass is 32.2. The third kappa shape index (κ3) is 6.59. The van der Waals surface area contributed by atoms with Crippen LogP contribution in [0, 0.1) is 5.82 Å². The molecule has 0 saturated heterocycles. The minimum Gasteiger partial charge on any atom is -0.496 e. The summed E-state index contributed by atoms with van der Waals surface area (Å²) in [5.74, 6) is -0.745. The summed E-state index contributed by atoms with van der Waals surface area (Å²) < 4.78 is 60.9. The second-order valence-electron chi connectivity index (χ2n) is 7.65. The second kappa shape index (κ2) is 12.3. The lowest BCUT2D eigenvalue weighted by Crippen LogP contribution is -2.32. The van der Waals surface area contributed by atoms with Crippen LogP contribution in [0.4, 0.5) is 9.18 Å². The van der Waals surface area contributed by atoms with Gasteiger partial charge >= 0.3 is 5.24 Å². The highest BCUT2D eigenvalue weighted by Crippen LogP contribution is 2.40. The lowest BCUT2D eigenvalue weighted by atomic mass is 9.92. The van der Waals surface area contributed by atoms with Gasteiger partial charge < -0.3 is 19.5 Å². The van der Waals surface area contributed by atoms with E-state index < -0.39 is 27.0 Å². The lowest BCUT2D eigenvalue weighted by molar-refractivity contribution is 0.0944. The predicted octanol–water partition coefficient (Wildman–Crippen LogP) is 3.19. The van der Waals surface area contributed by atoms with Crippen LogP contribution < -0.4 is 29.0 Å². The number of halogens is 1. The maximum absolute atomic E-state index is 13.7. The van der Waals surface area contributed by atoms with Crippen molar-refractivity contribution < 1.29 is 36.6 Å². The molecular formula is C23H28FN3O7S2. The van der Waals surface area contributed by atoms with Crippen LogP contribution in [0.2, 0.25) is 0 Å². The van der Waals surface area contributed by atoms with Crippen molar-refractivity contribution >= 4 is 33.1 Å². The number of ether oxygens (including phenoxy) is 3. The quantitative estimate of drug-likeness (QED) is 0.388. The molecule has 0 spiro atoms. The Morgan fingerprint density at radius 3 is 2.67 bits per heavy atom. The van der Waals surface area contributed by atoms with Crippen LogP contribution in [-0.4, -0.2) is 53.0 Å². The number of benzene rings is 2. The molecule has 0 aliphatic carbocycles. The van der Waals surface area contributed by atoms with Crippen molar-refractivity contribution in [1.29, 1.82) is 0 Å². The number of carbonyl (C=O) groups is 2. The van der Waals surface area contributed by atoms with Gasteiger partial charge in [0.15, 0.2) is 0 Å². The maximum atomic E-state index is 13.7. The fraction of sp³-hybridized carbons (Fsp3) is 0.391. The van der Waals surface area contributed by atoms with Crippen LogP contribution in [-0.2, 0) is 10.0 Å². The highest BCUT2D eigenvalue weighted by Gasteiger charge is 2.30. The first-order valence-electron chi connectivity index (χ1n) is 11.2. The van der Waals surface area contributed by atoms with E-state index in [0.717, 1.165) is 6.07 Å². The van der Waals surface area contributed by atoms with E-state index in [1.54, 1.807) is 13.8 Å². The Balaban J connectivity index is 1.88. The molecule has 0 radical (unpaired) electrons. The van der Waals surface area contributed by atoms with Crippen molar-refractivity contribution in [3.05, 3.63) is 47.3 Å². The van der Waals surface area contributed by atoms with Gasteiger partial charge in [0.05, 0.1) is 25.9 Å². The molecule has 1 unspecified atom stereocenters. The van der Waals surface area contributed by atoms with Crippen molar-refractivity contribution in [1.82, 2.24) is 14.8 Å². The van der Waals surface area contributed by atoms with E-state index in [1.165, 1.54) is 31.4 Å². The Hall–Kier alpha value is -3.03. The molecule has 2 aromatic carbocycles. The summed E-state index contributed by atoms with van der Waals surface area (Å²) in [6.07, 6.45) is 0.490. The lowest BCUT2D eigenvalue weighted by Gasteiger charge is -2.27. The molecule has 1 atom stereocenters. The Morgan fingerprint density at radius 2 is 1.97 bits per heavy atom. The molecule has 0 bridgehead atoms. The normalized spacial score (nSPS) is 14.8. The minimum atomic E-state index is -4.27. The summed E-state index contributed by atoms with van der Waals surface area (Å²) in [7, 11) is -2.89. The van der Waals surface area contributed by atoms with Gasteiger partial charge in [0.2, 0.25) is 0 Å². The Kier molecular flexibility index (Phi) is 9.40. The summed E-state index contributed by atoms with van der Waals surface area (Å²) in [4.78, 5) is 24.6. The molecule has 1 heterocycles. The van der Waals surface area contributed by atoms with Gasteiger partial charge in [0.25, 0.3) is 15.9 Å². The molecule has 1 aliphatic rings. The Bertz CT molecular complexity index is 1220. The van der Waals surface area contributed by atoms with E-state index in [0.29, 0.717) is 42.8 Å². The van der Waals surface area contributed by atoms with Gasteiger partial charge in [-0.3, -0.25) is 14.3 Å². The van der Waals surface area contributed by atoms with Crippen LogP contribution in [0.3, 0.4) is 0 Å². The van der Waals surface area contributed by atoms with Gasteiger partial charge in [-0.2, -0.15) is 0 Å². The van der Waals surface area contributed by atoms with E-state index in [9.17, 15) is 22.4 Å². The third-order valence-corrected chi connectivity index (χ3v) is 7.47. The average Bonchev–Trinajstić information content (AvgIpc) is 2.85. The maximum Gasteiger partial charge on any atom is 0.307 e. The number of hydrogen-bond donors (Lipinski definition) is 3. The number of amides is 2. The van der Waals surface area contributed by atoms with Gasteiger partial charge in [-0.15, -0.1) is 0 Å². The monoisotopic (exact) mass is 541 g/mol. The van der Waals surface area contributed by atoms with E-state index in [2.05, 4.69) is 10.0 Å². The van der Waals surface area contributed by atoms with Crippen molar-refractivity contribution in [3.8, 4) is 17.2 Å². The van der Waals surface area contributed by atoms with E-state index in [1.807, 2.05) is 4.72 Å². The minimum absolute atomic E-state index is 0.0409. The molecule has 2 amide bonds. The van der Waals surface area contributed by atoms with Gasteiger partial charge in [-0.05, 0) is 37.6 Å². The number of methoxy groups -OCH3 is 1. The van der Waals surface area contributed by atoms with Gasteiger partial charge in [0.1, 0.15) is 28.0 Å². The summed E-state index contributed by atoms with van der Waals surface area (Å²) in [6.45, 7) is 4.60. The van der Waals surface area contributed by atoms with Gasteiger partial charge in [-0.1, -0.05) is 6.92 Å². The van der Waals surface area contributed by atoms with E-state index >= 15 is 0 Å². The standard InChI is InChI=1S/C23H28FN3O7S2/c1-4-26-35-23(29)27-36(30,31)21-11-16-14(8-9-34-19(16)12-20(21)33-5-2)13-25-22(28)17-10-15(24)6-7-18(17)32-3/h6-7,10-12,14,26H,4-5,8-9,13H2,1-3H3,(H,25,28)(H,27,29). The second-order valence-corrected chi connectivity index (χ2v) is 10.2. The molecule has 13 heteroatoms. The molecule has 0 saturated carbocycles. The fourth-order valence-electron chi connectivity index (χ4n) is 3.65. The zero-order chi connectivity index (χ0) is 26.3. The molecule has 10 nitrogen and oxygen atoms in total. The highest BCUT2D eigenvalue weighted by molar-refractivity contribution is 8.13. The van der Waals surface area contributed by atoms with Crippen molar-refractivity contribution in [3.63, 3.8) is 0 Å². The van der Waals surface area contributed by atoms with E-state index in [4.69, 9.17) is 14.2 Å². The molecule has 0 fully saturated rings. The van der Waals surface area contributed by atoms with Gasteiger partial charge in [-0.25, -0.2) is 17.5 Å². The molecule has 36 heavy (non-hydrogen) atoms. The Labute approximate surface area is 213 Å². The van der Waals surface area contributed by atoms with Crippen molar-refractivity contribution in [2.24, 2.45) is 0 Å². The number of carbonyl (C=O) groups excluding carboxylic acids is 2. The van der Waals surface area contributed by atoms with Crippen LogP contribution in [0.5, 0.6) is 17.2 Å². The number of rotatable bonds is 10. The molecule has 1 aliphatic heterocycles. The molecule has 2 aromatic rings. The molecule has 196 valence electrons. The van der Waals surface area contributed by atoms with Crippen molar-refractivity contribution in [2.45, 2.75) is 31.1 Å². The topological polar surface area (TPSA) is 132 Å². The SMILES string of the molecule is CCNSC(=O)NS(=O)(=O)c1cc2c(cc1OCC)OCCC2CNC(=O)c1cc(F)ccc1OC. The summed E-state index contributed by atoms with van der Waals surface area (Å²) >= 11 is 0.631. The number of fused-ring (bicyclic) bond motifs is 1. The van der Waals surface area contributed by atoms with Crippen molar-refractivity contribution in [2.75, 3.05) is 33.4 Å². The number of hydrogen-bond acceptors (Lipinski definition) is 9. The van der Waals surface area contributed by atoms with Crippen LogP contribution in [0.25, 0.3) is 0 Å². The Morgan fingerprint density at radius 1 is 1.19 bits per heavy atom. The summed E-state index contributed by atoms with van der Waals surface area (Å²) in [6, 6.07) is 6.51. The molecule has 3 N–H and O–H groups in total. The first kappa shape index (κ1) is 27.6. The first-order chi connectivity index (χ1) is 17.2. The smallest absolute Gasteiger partial charge is 0.307 e. The summed E-state index contributed by atoms with van der Waals surface area (Å²) in [5, 5.41) is 1.97. The molecule has 0 aromatic heterocycles.